The van der Waals surface area contributed by atoms with E-state index in [0.717, 1.165) is 0 Å². The minimum Gasteiger partial charge on any atom is -0.394 e. The Hall–Kier alpha value is -0.410. The van der Waals surface area contributed by atoms with E-state index in [0.29, 0.717) is 0 Å². The van der Waals surface area contributed by atoms with Crippen LogP contribution in [-0.4, -0.2) is 134 Å². The molecule has 14 atom stereocenters. The molecule has 2 saturated heterocycles. The fourth-order valence-corrected chi connectivity index (χ4v) is 5.02. The zero-order valence-electron chi connectivity index (χ0n) is 18.5. The Morgan fingerprint density at radius 1 is 0.800 bits per heavy atom. The first-order chi connectivity index (χ1) is 16.3. The molecule has 35 heavy (non-hydrogen) atoms. The molecule has 0 amide bonds. The van der Waals surface area contributed by atoms with Gasteiger partial charge in [-0.3, -0.25) is 4.52 Å². The lowest BCUT2D eigenvalue weighted by Gasteiger charge is -2.47. The highest BCUT2D eigenvalue weighted by molar-refractivity contribution is 7.46. The van der Waals surface area contributed by atoms with Crippen molar-refractivity contribution >= 4 is 7.82 Å². The number of aliphatic hydroxyl groups is 5. The van der Waals surface area contributed by atoms with Gasteiger partial charge in [0.15, 0.2) is 12.6 Å². The minimum absolute atomic E-state index is 0.0506. The second kappa shape index (κ2) is 11.5. The maximum absolute atomic E-state index is 11.4. The van der Waals surface area contributed by atoms with Crippen LogP contribution in [0.1, 0.15) is 6.42 Å². The van der Waals surface area contributed by atoms with Crippen LogP contribution < -0.4 is 22.9 Å². The lowest BCUT2D eigenvalue weighted by atomic mass is 9.84. The minimum atomic E-state index is -5.09. The second-order valence-corrected chi connectivity index (χ2v) is 10.1. The van der Waals surface area contributed by atoms with E-state index in [9.17, 15) is 39.9 Å². The topological polar surface area (TPSA) is 309 Å². The van der Waals surface area contributed by atoms with Gasteiger partial charge in [0.05, 0.1) is 18.8 Å². The first kappa shape index (κ1) is 29.2. The Bertz CT molecular complexity index is 751. The number of nitrogens with two attached hydrogens (primary N) is 4. The lowest BCUT2D eigenvalue weighted by molar-refractivity contribution is -0.305. The van der Waals surface area contributed by atoms with Crippen LogP contribution in [0.15, 0.2) is 0 Å². The van der Waals surface area contributed by atoms with Gasteiger partial charge in [-0.2, -0.15) is 0 Å². The van der Waals surface area contributed by atoms with Crippen LogP contribution in [0.4, 0.5) is 0 Å². The first-order valence-electron chi connectivity index (χ1n) is 10.9. The molecule has 0 bridgehead atoms. The van der Waals surface area contributed by atoms with Crippen molar-refractivity contribution in [2.75, 3.05) is 13.2 Å². The number of aliphatic hydroxyl groups excluding tert-OH is 5. The largest absolute Gasteiger partial charge is 0.470 e. The van der Waals surface area contributed by atoms with E-state index in [2.05, 4.69) is 4.52 Å². The van der Waals surface area contributed by atoms with Crippen LogP contribution >= 0.6 is 7.82 Å². The van der Waals surface area contributed by atoms with Gasteiger partial charge in [0.2, 0.25) is 0 Å². The van der Waals surface area contributed by atoms with E-state index in [1.807, 2.05) is 0 Å². The van der Waals surface area contributed by atoms with E-state index in [1.54, 1.807) is 0 Å². The summed E-state index contributed by atoms with van der Waals surface area (Å²) in [4.78, 5) is 18.4. The molecule has 3 fully saturated rings. The molecule has 0 radical (unpaired) electrons. The van der Waals surface area contributed by atoms with Gasteiger partial charge in [0.25, 0.3) is 0 Å². The molecule has 2 heterocycles. The van der Waals surface area contributed by atoms with Crippen LogP contribution in [0.2, 0.25) is 0 Å². The third-order valence-corrected chi connectivity index (χ3v) is 6.88. The molecule has 0 aromatic heterocycles. The molecule has 3 aliphatic rings. The van der Waals surface area contributed by atoms with Crippen LogP contribution in [0.25, 0.3) is 0 Å². The summed E-state index contributed by atoms with van der Waals surface area (Å²) in [6, 6.07) is -3.22. The SMILES string of the molecule is NC[C@H]1O[C@H](O[C@H]2[C@H](O[C@@H]3O[C@H](CO)[C@@H](O)[C@H]3O)[C@@H](O)[C@H](N)C[C@@H]2N)[C@H](N)[C@@H](OP(=O)(O)O)[C@@H]1O. The van der Waals surface area contributed by atoms with Gasteiger partial charge in [-0.1, -0.05) is 0 Å². The van der Waals surface area contributed by atoms with Gasteiger partial charge in [-0.15, -0.1) is 0 Å². The molecule has 0 spiro atoms. The molecule has 1 aliphatic carbocycles. The fraction of sp³-hybridized carbons (Fsp3) is 1.00. The summed E-state index contributed by atoms with van der Waals surface area (Å²) in [6.07, 6.45) is -15.6. The predicted molar refractivity (Wildman–Crippen MR) is 113 cm³/mol. The highest BCUT2D eigenvalue weighted by atomic mass is 31.2. The lowest BCUT2D eigenvalue weighted by Crippen LogP contribution is -2.68. The third kappa shape index (κ3) is 6.36. The van der Waals surface area contributed by atoms with Crippen molar-refractivity contribution < 1.29 is 63.4 Å². The summed E-state index contributed by atoms with van der Waals surface area (Å²) in [5.74, 6) is 0. The molecule has 15 N–H and O–H groups in total. The predicted octanol–water partition coefficient (Wildman–Crippen LogP) is -6.54. The maximum Gasteiger partial charge on any atom is 0.470 e. The Morgan fingerprint density at radius 2 is 1.40 bits per heavy atom. The fourth-order valence-electron chi connectivity index (χ4n) is 4.44. The zero-order chi connectivity index (χ0) is 26.2. The van der Waals surface area contributed by atoms with E-state index in [4.69, 9.17) is 41.9 Å². The highest BCUT2D eigenvalue weighted by Crippen LogP contribution is 2.41. The van der Waals surface area contributed by atoms with E-state index < -0.39 is 100 Å². The molecular formula is C17H35N4O13P. The number of phosphoric ester groups is 1. The quantitative estimate of drug-likeness (QED) is 0.129. The molecule has 0 aromatic rings. The second-order valence-electron chi connectivity index (χ2n) is 8.87. The number of phosphoric acid groups is 1. The molecule has 3 rings (SSSR count). The van der Waals surface area contributed by atoms with Crippen LogP contribution in [-0.2, 0) is 28.0 Å². The summed E-state index contributed by atoms with van der Waals surface area (Å²) in [5.41, 5.74) is 23.8. The van der Waals surface area contributed by atoms with E-state index in [1.165, 1.54) is 0 Å². The zero-order valence-corrected chi connectivity index (χ0v) is 19.4. The Kier molecular flexibility index (Phi) is 9.62. The normalized spacial score (nSPS) is 49.3. The Balaban J connectivity index is 1.82. The summed E-state index contributed by atoms with van der Waals surface area (Å²) in [5, 5.41) is 50.6. The third-order valence-electron chi connectivity index (χ3n) is 6.36. The van der Waals surface area contributed by atoms with Crippen LogP contribution in [0, 0.1) is 0 Å². The van der Waals surface area contributed by atoms with Crippen molar-refractivity contribution in [2.24, 2.45) is 22.9 Å². The molecule has 17 nitrogen and oxygen atoms in total. The van der Waals surface area contributed by atoms with Crippen molar-refractivity contribution in [3.8, 4) is 0 Å². The van der Waals surface area contributed by atoms with Gasteiger partial charge < -0.3 is 77.2 Å². The van der Waals surface area contributed by atoms with Crippen LogP contribution in [0.3, 0.4) is 0 Å². The number of hydrogen-bond donors (Lipinski definition) is 11. The molecule has 0 aromatic carbocycles. The van der Waals surface area contributed by atoms with Crippen LogP contribution in [0.5, 0.6) is 0 Å². The first-order valence-corrected chi connectivity index (χ1v) is 12.5. The summed E-state index contributed by atoms with van der Waals surface area (Å²) in [7, 11) is -5.09. The van der Waals surface area contributed by atoms with Gasteiger partial charge in [-0.05, 0) is 6.42 Å². The smallest absolute Gasteiger partial charge is 0.394 e. The molecule has 1 saturated carbocycles. The number of hydrogen-bond acceptors (Lipinski definition) is 15. The van der Waals surface area contributed by atoms with Crippen molar-refractivity contribution in [1.29, 1.82) is 0 Å². The van der Waals surface area contributed by atoms with Crippen molar-refractivity contribution in [3.63, 3.8) is 0 Å². The van der Waals surface area contributed by atoms with Crippen molar-refractivity contribution in [1.82, 2.24) is 0 Å². The molecular weight excluding hydrogens is 499 g/mol. The van der Waals surface area contributed by atoms with Gasteiger partial charge in [0.1, 0.15) is 48.8 Å². The van der Waals surface area contributed by atoms with Gasteiger partial charge in [-0.25, -0.2) is 4.57 Å². The number of ether oxygens (including phenoxy) is 4. The van der Waals surface area contributed by atoms with Gasteiger partial charge in [0, 0.05) is 18.6 Å². The maximum atomic E-state index is 11.4. The Labute approximate surface area is 200 Å². The van der Waals surface area contributed by atoms with Crippen molar-refractivity contribution in [2.45, 2.75) is 92.1 Å². The van der Waals surface area contributed by atoms with E-state index in [-0.39, 0.29) is 13.0 Å². The Morgan fingerprint density at radius 3 is 1.94 bits per heavy atom. The molecule has 2 aliphatic heterocycles. The average Bonchev–Trinajstić information content (AvgIpc) is 3.05. The standard InChI is InChI=1S/C17H35N4O13P/c18-2-6-11(25)14(34-35(27,28)29)8(21)16(30-6)32-13-5(20)1-4(19)9(23)15(13)33-17-12(26)10(24)7(3-22)31-17/h4-17,22-26H,1-3,18-21H2,(H2,27,28,29)/t4-,5+,6-,7-,8-,9+,10-,11-,12-,13-,14-,15-,16-,17+/m1/s1. The molecule has 18 heteroatoms. The van der Waals surface area contributed by atoms with E-state index >= 15 is 0 Å². The summed E-state index contributed by atoms with van der Waals surface area (Å²) in [6.45, 7) is -0.903. The summed E-state index contributed by atoms with van der Waals surface area (Å²) >= 11 is 0. The summed E-state index contributed by atoms with van der Waals surface area (Å²) < 4.78 is 38.5. The monoisotopic (exact) mass is 534 g/mol. The molecule has 206 valence electrons. The van der Waals surface area contributed by atoms with Gasteiger partial charge >= 0.3 is 7.82 Å². The molecule has 0 unspecified atom stereocenters. The highest BCUT2D eigenvalue weighted by Gasteiger charge is 2.53. The van der Waals surface area contributed by atoms with Crippen molar-refractivity contribution in [3.05, 3.63) is 0 Å². The number of rotatable bonds is 8. The average molecular weight is 534 g/mol.